The molecule has 0 aliphatic carbocycles. The van der Waals surface area contributed by atoms with Crippen molar-refractivity contribution in [1.29, 1.82) is 0 Å². The molecule has 18 heteroatoms. The maximum absolute atomic E-state index is 13.1. The van der Waals surface area contributed by atoms with E-state index in [-0.39, 0.29) is 26.3 Å². The van der Waals surface area contributed by atoms with Crippen molar-refractivity contribution in [3.63, 3.8) is 0 Å². The highest BCUT2D eigenvalue weighted by molar-refractivity contribution is 8.30. The first-order valence-electron chi connectivity index (χ1n) is 10.7. The van der Waals surface area contributed by atoms with Crippen LogP contribution in [0.5, 0.6) is 5.75 Å². The molecule has 1 aromatic heterocycles. The Morgan fingerprint density at radius 3 is 2.38 bits per heavy atom. The van der Waals surface area contributed by atoms with Crippen molar-refractivity contribution in [2.75, 3.05) is 18.0 Å². The van der Waals surface area contributed by atoms with E-state index < -0.39 is 53.5 Å². The number of halogens is 3. The number of thiazole rings is 1. The number of amides is 1. The standard InChI is InChI=1S/C22H14F3N3O8S4/c23-22(24,25)8-28-19(35)17(40-21(28)37)20-27(7-16(32)33)18(34)13(39-20)3-4-14-26(6-15(30)31)11-5-10(36-9-29)1-2-12(11)38-14/h1-5,9H,6-8H2,(H,30,31)(H,32,33). The molecule has 0 radical (unpaired) electrons. The molecule has 0 bridgehead atoms. The predicted octanol–water partition coefficient (Wildman–Crippen LogP) is 1.38. The molecule has 4 rings (SSSR count). The zero-order valence-corrected chi connectivity index (χ0v) is 22.8. The van der Waals surface area contributed by atoms with Gasteiger partial charge in [-0.25, -0.2) is 0 Å². The first-order chi connectivity index (χ1) is 18.8. The lowest BCUT2D eigenvalue weighted by Gasteiger charge is -2.17. The predicted molar refractivity (Wildman–Crippen MR) is 143 cm³/mol. The third-order valence-electron chi connectivity index (χ3n) is 5.14. The second-order valence-corrected chi connectivity index (χ2v) is 11.6. The molecular weight excluding hydrogens is 620 g/mol. The molecule has 0 spiro atoms. The summed E-state index contributed by atoms with van der Waals surface area (Å²) in [7, 11) is 0. The number of carboxylic acids is 2. The second kappa shape index (κ2) is 11.5. The minimum Gasteiger partial charge on any atom is -0.480 e. The van der Waals surface area contributed by atoms with Gasteiger partial charge in [-0.2, -0.15) is 13.2 Å². The fourth-order valence-corrected chi connectivity index (χ4v) is 7.10. The Bertz CT molecular complexity index is 1660. The number of alkyl halides is 3. The Morgan fingerprint density at radius 2 is 1.75 bits per heavy atom. The second-order valence-electron chi connectivity index (χ2n) is 7.86. The van der Waals surface area contributed by atoms with Gasteiger partial charge in [-0.3, -0.25) is 33.4 Å². The average molecular weight is 634 g/mol. The maximum atomic E-state index is 13.1. The van der Waals surface area contributed by atoms with Crippen molar-refractivity contribution >= 4 is 92.4 Å². The molecule has 40 heavy (non-hydrogen) atoms. The number of aliphatic carboxylic acids is 2. The molecule has 3 heterocycles. The lowest BCUT2D eigenvalue weighted by atomic mass is 10.2. The number of aromatic nitrogens is 1. The number of nitrogens with zero attached hydrogens (tertiary/aromatic N) is 3. The Labute approximate surface area is 238 Å². The van der Waals surface area contributed by atoms with Crippen LogP contribution in [0.4, 0.5) is 18.9 Å². The van der Waals surface area contributed by atoms with Gasteiger partial charge in [-0.1, -0.05) is 35.7 Å². The van der Waals surface area contributed by atoms with E-state index in [1.807, 2.05) is 0 Å². The van der Waals surface area contributed by atoms with E-state index in [0.717, 1.165) is 16.3 Å². The van der Waals surface area contributed by atoms with Crippen LogP contribution in [0.25, 0.3) is 11.0 Å². The molecule has 2 aromatic rings. The van der Waals surface area contributed by atoms with Crippen LogP contribution in [-0.2, 0) is 25.7 Å². The summed E-state index contributed by atoms with van der Waals surface area (Å²) in [5, 5.41) is 19.1. The van der Waals surface area contributed by atoms with Crippen LogP contribution in [0.1, 0.15) is 0 Å². The van der Waals surface area contributed by atoms with E-state index in [1.165, 1.54) is 29.2 Å². The molecule has 2 aliphatic heterocycles. The number of hydrogen-bond donors (Lipinski definition) is 2. The highest BCUT2D eigenvalue weighted by Gasteiger charge is 2.41. The molecule has 0 unspecified atom stereocenters. The molecule has 0 saturated carbocycles. The number of carbonyl (C=O) groups excluding carboxylic acids is 2. The molecule has 2 aliphatic rings. The first kappa shape index (κ1) is 29.4. The number of fused-ring (bicyclic) bond motifs is 1. The number of carboxylic acid groups (broad SMARTS) is 2. The maximum Gasteiger partial charge on any atom is 0.406 e. The number of carbonyl (C=O) groups is 4. The highest BCUT2D eigenvalue weighted by atomic mass is 32.2. The number of rotatable bonds is 8. The van der Waals surface area contributed by atoms with Gasteiger partial charge >= 0.3 is 18.1 Å². The van der Waals surface area contributed by atoms with Crippen molar-refractivity contribution in [1.82, 2.24) is 9.47 Å². The van der Waals surface area contributed by atoms with Crippen LogP contribution in [-0.4, -0.2) is 67.6 Å². The smallest absolute Gasteiger partial charge is 0.406 e. The number of thiocarbonyl (C=S) groups is 1. The van der Waals surface area contributed by atoms with Gasteiger partial charge in [0.2, 0.25) is 0 Å². The summed E-state index contributed by atoms with van der Waals surface area (Å²) in [6.45, 7) is -2.79. The summed E-state index contributed by atoms with van der Waals surface area (Å²) >= 11 is 7.26. The number of anilines is 1. The number of ether oxygens (including phenoxy) is 1. The number of allylic oxidation sites excluding steroid dienone is 1. The summed E-state index contributed by atoms with van der Waals surface area (Å²) in [5.74, 6) is -3.56. The van der Waals surface area contributed by atoms with E-state index in [1.54, 1.807) is 6.07 Å². The largest absolute Gasteiger partial charge is 0.480 e. The molecule has 0 atom stereocenters. The molecule has 1 amide bonds. The number of benzene rings is 1. The summed E-state index contributed by atoms with van der Waals surface area (Å²) in [4.78, 5) is 61.6. The fourth-order valence-electron chi connectivity index (χ4n) is 3.60. The van der Waals surface area contributed by atoms with E-state index in [9.17, 15) is 47.4 Å². The molecule has 11 nitrogen and oxygen atoms in total. The van der Waals surface area contributed by atoms with Gasteiger partial charge in [0.25, 0.3) is 17.9 Å². The minimum absolute atomic E-state index is 0.0679. The Kier molecular flexibility index (Phi) is 8.43. The Hall–Kier alpha value is -3.61. The SMILES string of the molecule is O=COc1ccc2c(c1)N(CC(=O)O)C(=CC=c1sc(=C3SC(=S)N(CC(F)(F)F)C3=O)n(CC(=O)O)c1=O)S2. The zero-order valence-electron chi connectivity index (χ0n) is 19.5. The first-order valence-corrected chi connectivity index (χ1v) is 13.5. The van der Waals surface area contributed by atoms with Crippen molar-refractivity contribution in [2.45, 2.75) is 17.6 Å². The van der Waals surface area contributed by atoms with Crippen LogP contribution in [0.3, 0.4) is 0 Å². The molecule has 1 saturated heterocycles. The van der Waals surface area contributed by atoms with Gasteiger partial charge in [0.1, 0.15) is 39.3 Å². The fraction of sp³-hybridized carbons (Fsp3) is 0.182. The van der Waals surface area contributed by atoms with E-state index >= 15 is 0 Å². The lowest BCUT2D eigenvalue weighted by Crippen LogP contribution is -2.38. The summed E-state index contributed by atoms with van der Waals surface area (Å²) in [6.07, 6.45) is -2.04. The highest BCUT2D eigenvalue weighted by Crippen LogP contribution is 2.47. The van der Waals surface area contributed by atoms with Gasteiger partial charge in [-0.15, -0.1) is 11.3 Å². The normalized spacial score (nSPS) is 18.1. The molecule has 1 fully saturated rings. The van der Waals surface area contributed by atoms with Gasteiger partial charge in [0.05, 0.1) is 15.2 Å². The zero-order chi connectivity index (χ0) is 29.4. The van der Waals surface area contributed by atoms with Crippen molar-refractivity contribution in [3.05, 3.63) is 48.9 Å². The van der Waals surface area contributed by atoms with Crippen molar-refractivity contribution in [2.24, 2.45) is 0 Å². The third-order valence-corrected chi connectivity index (χ3v) is 8.98. The Balaban J connectivity index is 1.82. The molecule has 1 aromatic carbocycles. The summed E-state index contributed by atoms with van der Waals surface area (Å²) in [5.41, 5.74) is -0.407. The van der Waals surface area contributed by atoms with Crippen molar-refractivity contribution < 1.29 is 47.3 Å². The number of hydrogen-bond acceptors (Lipinski definition) is 11. The third kappa shape index (κ3) is 6.24. The van der Waals surface area contributed by atoms with E-state index in [4.69, 9.17) is 17.0 Å². The topological polar surface area (TPSA) is 146 Å². The van der Waals surface area contributed by atoms with Crippen LogP contribution in [0.15, 0.2) is 39.0 Å². The average Bonchev–Trinajstić information content (AvgIpc) is 3.44. The van der Waals surface area contributed by atoms with Crippen LogP contribution < -0.4 is 24.4 Å². The summed E-state index contributed by atoms with van der Waals surface area (Å²) in [6, 6.07) is 4.56. The minimum atomic E-state index is -4.74. The van der Waals surface area contributed by atoms with Crippen LogP contribution in [0, 0.1) is 0 Å². The van der Waals surface area contributed by atoms with E-state index in [0.29, 0.717) is 43.6 Å². The van der Waals surface area contributed by atoms with Gasteiger partial charge in [-0.05, 0) is 24.3 Å². The lowest BCUT2D eigenvalue weighted by molar-refractivity contribution is -0.148. The van der Waals surface area contributed by atoms with Crippen LogP contribution in [0.2, 0.25) is 0 Å². The monoisotopic (exact) mass is 633 g/mol. The van der Waals surface area contributed by atoms with Crippen molar-refractivity contribution in [3.8, 4) is 5.75 Å². The molecular formula is C22H14F3N3O8S4. The van der Waals surface area contributed by atoms with Gasteiger partial charge < -0.3 is 19.8 Å². The van der Waals surface area contributed by atoms with Crippen LogP contribution >= 0.6 is 47.1 Å². The Morgan fingerprint density at radius 1 is 1.05 bits per heavy atom. The van der Waals surface area contributed by atoms with Gasteiger partial charge in [0, 0.05) is 11.0 Å². The molecule has 2 N–H and O–H groups in total. The van der Waals surface area contributed by atoms with Gasteiger partial charge in [0.15, 0.2) is 0 Å². The quantitative estimate of drug-likeness (QED) is 0.320. The number of thioether (sulfide) groups is 2. The van der Waals surface area contributed by atoms with E-state index in [2.05, 4.69) is 0 Å². The summed E-state index contributed by atoms with van der Waals surface area (Å²) < 4.78 is 43.8. The molecule has 210 valence electrons.